The van der Waals surface area contributed by atoms with Crippen LogP contribution < -0.4 is 10.1 Å². The number of amides is 1. The average Bonchev–Trinajstić information content (AvgIpc) is 2.48. The second kappa shape index (κ2) is 7.02. The zero-order valence-electron chi connectivity index (χ0n) is 12.5. The molecule has 116 valence electrons. The van der Waals surface area contributed by atoms with E-state index >= 15 is 0 Å². The molecule has 2 aromatic carbocycles. The fraction of sp³-hybridized carbons (Fsp3) is 0.235. The van der Waals surface area contributed by atoms with Crippen molar-refractivity contribution in [2.45, 2.75) is 13.8 Å². The van der Waals surface area contributed by atoms with Gasteiger partial charge in [-0.05, 0) is 49.2 Å². The third-order valence-electron chi connectivity index (χ3n) is 3.31. The number of carbonyl (C=O) groups excluding carboxylic acids is 1. The second-order valence-corrected chi connectivity index (χ2v) is 4.98. The average molecular weight is 305 g/mol. The highest BCUT2D eigenvalue weighted by Crippen LogP contribution is 2.17. The predicted molar refractivity (Wildman–Crippen MR) is 80.1 cm³/mol. The monoisotopic (exact) mass is 305 g/mol. The van der Waals surface area contributed by atoms with E-state index in [1.54, 1.807) is 6.07 Å². The minimum absolute atomic E-state index is 0.0400. The van der Waals surface area contributed by atoms with Crippen molar-refractivity contribution in [2.24, 2.45) is 0 Å². The van der Waals surface area contributed by atoms with Crippen LogP contribution in [0.25, 0.3) is 0 Å². The number of nitrogens with one attached hydrogen (secondary N) is 1. The molecule has 0 aliphatic heterocycles. The Labute approximate surface area is 127 Å². The standard InChI is InChI=1S/C17H17F2NO2/c1-11-3-4-13(9-12(11)2)17(21)20-7-8-22-16-6-5-14(18)10-15(16)19/h3-6,9-10H,7-8H2,1-2H3,(H,20,21). The first kappa shape index (κ1) is 15.9. The van der Waals surface area contributed by atoms with E-state index in [-0.39, 0.29) is 24.8 Å². The molecule has 0 unspecified atom stereocenters. The SMILES string of the molecule is Cc1ccc(C(=O)NCCOc2ccc(F)cc2F)cc1C. The van der Waals surface area contributed by atoms with Crippen molar-refractivity contribution >= 4 is 5.91 Å². The van der Waals surface area contributed by atoms with Crippen LogP contribution in [0.1, 0.15) is 21.5 Å². The highest BCUT2D eigenvalue weighted by molar-refractivity contribution is 5.94. The number of carbonyl (C=O) groups is 1. The van der Waals surface area contributed by atoms with Gasteiger partial charge in [0.25, 0.3) is 5.91 Å². The van der Waals surface area contributed by atoms with Crippen molar-refractivity contribution in [2.75, 3.05) is 13.2 Å². The van der Waals surface area contributed by atoms with Gasteiger partial charge in [0.05, 0.1) is 6.54 Å². The topological polar surface area (TPSA) is 38.3 Å². The largest absolute Gasteiger partial charge is 0.489 e. The molecule has 2 aromatic rings. The number of benzene rings is 2. The molecule has 0 heterocycles. The van der Waals surface area contributed by atoms with Crippen LogP contribution in [-0.2, 0) is 0 Å². The molecule has 0 spiro atoms. The number of aryl methyl sites for hydroxylation is 2. The molecule has 0 radical (unpaired) electrons. The van der Waals surface area contributed by atoms with E-state index in [1.165, 1.54) is 6.07 Å². The molecule has 3 nitrogen and oxygen atoms in total. The quantitative estimate of drug-likeness (QED) is 0.860. The summed E-state index contributed by atoms with van der Waals surface area (Å²) in [5, 5.41) is 2.69. The first-order chi connectivity index (χ1) is 10.5. The van der Waals surface area contributed by atoms with E-state index in [2.05, 4.69) is 5.32 Å². The predicted octanol–water partition coefficient (Wildman–Crippen LogP) is 3.39. The van der Waals surface area contributed by atoms with Gasteiger partial charge in [-0.2, -0.15) is 0 Å². The Morgan fingerprint density at radius 1 is 1.09 bits per heavy atom. The number of ether oxygens (including phenoxy) is 1. The number of hydrogen-bond acceptors (Lipinski definition) is 2. The Balaban J connectivity index is 1.83. The van der Waals surface area contributed by atoms with Gasteiger partial charge in [0, 0.05) is 11.6 Å². The van der Waals surface area contributed by atoms with Crippen LogP contribution >= 0.6 is 0 Å². The van der Waals surface area contributed by atoms with Gasteiger partial charge < -0.3 is 10.1 Å². The summed E-state index contributed by atoms with van der Waals surface area (Å²) in [6.45, 7) is 4.23. The lowest BCUT2D eigenvalue weighted by atomic mass is 10.1. The summed E-state index contributed by atoms with van der Waals surface area (Å²) in [4.78, 5) is 11.9. The van der Waals surface area contributed by atoms with Gasteiger partial charge in [-0.1, -0.05) is 6.07 Å². The van der Waals surface area contributed by atoms with Gasteiger partial charge in [0.15, 0.2) is 11.6 Å². The van der Waals surface area contributed by atoms with Gasteiger partial charge in [0.2, 0.25) is 0 Å². The summed E-state index contributed by atoms with van der Waals surface area (Å²) in [7, 11) is 0. The van der Waals surface area contributed by atoms with Crippen molar-refractivity contribution in [3.05, 3.63) is 64.7 Å². The van der Waals surface area contributed by atoms with Gasteiger partial charge in [0.1, 0.15) is 12.4 Å². The second-order valence-electron chi connectivity index (χ2n) is 4.98. The molecule has 0 aliphatic rings. The van der Waals surface area contributed by atoms with Gasteiger partial charge in [-0.15, -0.1) is 0 Å². The van der Waals surface area contributed by atoms with Crippen LogP contribution in [-0.4, -0.2) is 19.1 Å². The first-order valence-corrected chi connectivity index (χ1v) is 6.90. The summed E-state index contributed by atoms with van der Waals surface area (Å²) in [6.07, 6.45) is 0. The van der Waals surface area contributed by atoms with Crippen LogP contribution in [0, 0.1) is 25.5 Å². The van der Waals surface area contributed by atoms with E-state index in [4.69, 9.17) is 4.74 Å². The maximum absolute atomic E-state index is 13.3. The van der Waals surface area contributed by atoms with Crippen molar-refractivity contribution in [1.82, 2.24) is 5.32 Å². The molecule has 0 saturated carbocycles. The Bertz CT molecular complexity index is 686. The summed E-state index contributed by atoms with van der Waals surface area (Å²) in [5.74, 6) is -1.68. The highest BCUT2D eigenvalue weighted by atomic mass is 19.1. The summed E-state index contributed by atoms with van der Waals surface area (Å²) < 4.78 is 31.2. The van der Waals surface area contributed by atoms with Crippen molar-refractivity contribution in [1.29, 1.82) is 0 Å². The lowest BCUT2D eigenvalue weighted by Gasteiger charge is -2.09. The fourth-order valence-electron chi connectivity index (χ4n) is 1.90. The van der Waals surface area contributed by atoms with Gasteiger partial charge in [-0.3, -0.25) is 4.79 Å². The molecule has 1 N–H and O–H groups in total. The zero-order valence-corrected chi connectivity index (χ0v) is 12.5. The summed E-state index contributed by atoms with van der Waals surface area (Å²) in [5.41, 5.74) is 2.72. The molecular weight excluding hydrogens is 288 g/mol. The third-order valence-corrected chi connectivity index (χ3v) is 3.31. The van der Waals surface area contributed by atoms with Crippen molar-refractivity contribution < 1.29 is 18.3 Å². The molecule has 0 bridgehead atoms. The molecule has 1 amide bonds. The fourth-order valence-corrected chi connectivity index (χ4v) is 1.90. The number of rotatable bonds is 5. The Hall–Kier alpha value is -2.43. The minimum atomic E-state index is -0.763. The van der Waals surface area contributed by atoms with Gasteiger partial charge >= 0.3 is 0 Å². The normalized spacial score (nSPS) is 10.4. The maximum Gasteiger partial charge on any atom is 0.251 e. The lowest BCUT2D eigenvalue weighted by Crippen LogP contribution is -2.28. The van der Waals surface area contributed by atoms with E-state index in [0.717, 1.165) is 23.3 Å². The zero-order chi connectivity index (χ0) is 16.1. The first-order valence-electron chi connectivity index (χ1n) is 6.90. The molecule has 0 aliphatic carbocycles. The molecule has 0 atom stereocenters. The maximum atomic E-state index is 13.3. The Kier molecular flexibility index (Phi) is 5.09. The highest BCUT2D eigenvalue weighted by Gasteiger charge is 2.07. The molecule has 2 rings (SSSR count). The Morgan fingerprint density at radius 2 is 1.86 bits per heavy atom. The van der Waals surface area contributed by atoms with E-state index in [9.17, 15) is 13.6 Å². The molecule has 0 fully saturated rings. The minimum Gasteiger partial charge on any atom is -0.489 e. The van der Waals surface area contributed by atoms with E-state index in [1.807, 2.05) is 26.0 Å². The van der Waals surface area contributed by atoms with Crippen LogP contribution in [0.15, 0.2) is 36.4 Å². The smallest absolute Gasteiger partial charge is 0.251 e. The Morgan fingerprint density at radius 3 is 2.55 bits per heavy atom. The van der Waals surface area contributed by atoms with Crippen molar-refractivity contribution in [3.63, 3.8) is 0 Å². The summed E-state index contributed by atoms with van der Waals surface area (Å²) in [6, 6.07) is 8.53. The van der Waals surface area contributed by atoms with Crippen LogP contribution in [0.5, 0.6) is 5.75 Å². The molecule has 0 saturated heterocycles. The number of hydrogen-bond donors (Lipinski definition) is 1. The van der Waals surface area contributed by atoms with E-state index < -0.39 is 11.6 Å². The van der Waals surface area contributed by atoms with Crippen LogP contribution in [0.3, 0.4) is 0 Å². The van der Waals surface area contributed by atoms with Crippen molar-refractivity contribution in [3.8, 4) is 5.75 Å². The molecular formula is C17H17F2NO2. The van der Waals surface area contributed by atoms with E-state index in [0.29, 0.717) is 5.56 Å². The van der Waals surface area contributed by atoms with Gasteiger partial charge in [-0.25, -0.2) is 8.78 Å². The number of halogens is 2. The van der Waals surface area contributed by atoms with Crippen LogP contribution in [0.4, 0.5) is 8.78 Å². The summed E-state index contributed by atoms with van der Waals surface area (Å²) >= 11 is 0. The third kappa shape index (κ3) is 4.04. The molecule has 22 heavy (non-hydrogen) atoms. The van der Waals surface area contributed by atoms with Crippen LogP contribution in [0.2, 0.25) is 0 Å². The molecule has 5 heteroatoms. The molecule has 0 aromatic heterocycles. The lowest BCUT2D eigenvalue weighted by molar-refractivity contribution is 0.0946.